The van der Waals surface area contributed by atoms with Gasteiger partial charge in [0.2, 0.25) is 17.5 Å². The molecule has 4 aromatic rings. The Balaban J connectivity index is 0.000000192. The minimum absolute atomic E-state index is 0.104. The van der Waals surface area contributed by atoms with Crippen molar-refractivity contribution in [2.75, 3.05) is 33.7 Å². The fraction of sp³-hybridized carbons (Fsp3) is 0.551. The Labute approximate surface area is 387 Å². The Hall–Kier alpha value is -4.23. The van der Waals surface area contributed by atoms with E-state index < -0.39 is 41.5 Å². The Morgan fingerprint density at radius 3 is 2.53 bits per heavy atom. The highest BCUT2D eigenvalue weighted by atomic mass is 79.9. The number of aromatic nitrogens is 2. The number of hydrogen-bond acceptors (Lipinski definition) is 8. The number of carbonyl (C=O) groups excluding carboxylic acids is 3. The summed E-state index contributed by atoms with van der Waals surface area (Å²) >= 11 is 10.1. The third-order valence-corrected chi connectivity index (χ3v) is 16.5. The number of likely N-dealkylation sites (N-methyl/N-ethyl adjacent to an activating group) is 2. The molecular weight excluding hydrogens is 896 g/mol. The number of ether oxygens (including phenoxy) is 1. The number of likely N-dealkylation sites (tertiary alicyclic amines) is 1. The van der Waals surface area contributed by atoms with E-state index in [0.717, 1.165) is 64.2 Å². The largest absolute Gasteiger partial charge is 0.349 e. The summed E-state index contributed by atoms with van der Waals surface area (Å²) in [5.74, 6) is -3.02. The first-order valence-electron chi connectivity index (χ1n) is 23.0. The molecular formula is C49H58BrClN8O5. The number of carbonyl (C=O) groups is 3. The summed E-state index contributed by atoms with van der Waals surface area (Å²) in [6.07, 6.45) is 7.27. The lowest BCUT2D eigenvalue weighted by Crippen LogP contribution is -2.71. The number of halogens is 2. The van der Waals surface area contributed by atoms with Gasteiger partial charge in [-0.05, 0) is 120 Å². The lowest BCUT2D eigenvalue weighted by atomic mass is 9.72. The first kappa shape index (κ1) is 43.7. The van der Waals surface area contributed by atoms with E-state index in [1.54, 1.807) is 18.7 Å². The third-order valence-electron chi connectivity index (χ3n) is 15.5. The van der Waals surface area contributed by atoms with E-state index in [0.29, 0.717) is 50.2 Å². The van der Waals surface area contributed by atoms with Crippen LogP contribution >= 0.6 is 27.5 Å². The standard InChI is InChI=1S/C32H40BrN5O5.C17H18ClN3/c1-16(2)12-24-29(40)37-11-7-10-25(37)32(42)38(24)30(41)31(43-32,17(3)4)35-28(39)18-13-20-19-8-6-9-22-26(19)21(27(33)34-22)14-23(20)36(5)15-18;1-21-9-10(5-6-19)7-12-11-3-2-4-14-16(11)13(8-15(12)21)17(18)20-14/h6,8-9,13,16-18,23-25,34,42H,7,10-12,14-15H2,1-5H3,(H,35,39);2-4,10,12,15,20H,5,7-9H2,1H3/t18-,23-,24+,25+,31-,32+;10-,12-,15-/m11/s1. The van der Waals surface area contributed by atoms with Crippen LogP contribution in [0.1, 0.15) is 88.0 Å². The second-order valence-electron chi connectivity index (χ2n) is 20.2. The van der Waals surface area contributed by atoms with Gasteiger partial charge in [0.05, 0.1) is 16.6 Å². The maximum Gasteiger partial charge on any atom is 0.281 e. The number of hydrogen-bond donors (Lipinski definition) is 4. The first-order valence-corrected chi connectivity index (χ1v) is 24.2. The van der Waals surface area contributed by atoms with E-state index in [-0.39, 0.29) is 23.8 Å². The molecule has 2 aromatic carbocycles. The number of H-pyrrole nitrogens is 2. The fourth-order valence-electron chi connectivity index (χ4n) is 12.5. The molecule has 0 radical (unpaired) electrons. The molecule has 15 heteroatoms. The van der Waals surface area contributed by atoms with Gasteiger partial charge in [-0.3, -0.25) is 28.9 Å². The van der Waals surface area contributed by atoms with Crippen LogP contribution in [0, 0.1) is 35.0 Å². The van der Waals surface area contributed by atoms with E-state index in [1.165, 1.54) is 32.4 Å². The molecule has 338 valence electrons. The van der Waals surface area contributed by atoms with Gasteiger partial charge >= 0.3 is 0 Å². The topological polar surface area (TPSA) is 161 Å². The van der Waals surface area contributed by atoms with E-state index in [4.69, 9.17) is 21.6 Å². The molecule has 0 unspecified atom stereocenters. The molecule has 2 aromatic heterocycles. The van der Waals surface area contributed by atoms with Gasteiger partial charge in [-0.25, -0.2) is 0 Å². The average Bonchev–Trinajstić information content (AvgIpc) is 4.01. The Kier molecular flexibility index (Phi) is 10.9. The van der Waals surface area contributed by atoms with Gasteiger partial charge in [0.1, 0.15) is 17.2 Å². The Morgan fingerprint density at radius 1 is 1.05 bits per heavy atom. The van der Waals surface area contributed by atoms with Gasteiger partial charge < -0.3 is 30.2 Å². The average molecular weight is 954 g/mol. The molecule has 11 rings (SSSR count). The van der Waals surface area contributed by atoms with Crippen LogP contribution in [0.25, 0.3) is 27.4 Å². The predicted molar refractivity (Wildman–Crippen MR) is 249 cm³/mol. The van der Waals surface area contributed by atoms with Crippen molar-refractivity contribution >= 4 is 72.6 Å². The molecule has 13 nitrogen and oxygen atoms in total. The van der Waals surface area contributed by atoms with Crippen LogP contribution in [-0.4, -0.2) is 122 Å². The summed E-state index contributed by atoms with van der Waals surface area (Å²) < 4.78 is 7.43. The van der Waals surface area contributed by atoms with Gasteiger partial charge in [0, 0.05) is 71.8 Å². The summed E-state index contributed by atoms with van der Waals surface area (Å²) in [7, 11) is 4.21. The lowest BCUT2D eigenvalue weighted by molar-refractivity contribution is -0.322. The molecule has 7 aliphatic rings. The molecule has 0 bridgehead atoms. The number of rotatable bonds is 6. The molecule has 4 fully saturated rings. The molecule has 0 spiro atoms. The first-order chi connectivity index (χ1) is 30.6. The minimum atomic E-state index is -2.01. The smallest absolute Gasteiger partial charge is 0.281 e. The fourth-order valence-corrected chi connectivity index (χ4v) is 13.4. The van der Waals surface area contributed by atoms with Crippen LogP contribution in [0.5, 0.6) is 0 Å². The van der Waals surface area contributed by atoms with E-state index in [1.807, 2.05) is 33.0 Å². The molecule has 4 saturated heterocycles. The van der Waals surface area contributed by atoms with Crippen LogP contribution in [0.15, 0.2) is 47.1 Å². The summed E-state index contributed by atoms with van der Waals surface area (Å²) in [4.78, 5) is 56.5. The highest BCUT2D eigenvalue weighted by Crippen LogP contribution is 2.50. The molecule has 4 N–H and O–H groups in total. The van der Waals surface area contributed by atoms with E-state index in [9.17, 15) is 19.5 Å². The zero-order chi connectivity index (χ0) is 45.1. The SMILES string of the molecule is CC(C)C[C@H]1C(=O)N2CCC[C@H]2[C@]2(O)O[C@](NC(=O)[C@@H]3C=C4c5cccc6[nH]c(Br)c(c56)C[C@H]4N(C)C3)(C(C)C)C(=O)N12.CN1C[C@H](CC#N)C[C@@H]2c3cccc4[nH]c(Cl)c(c34)C[C@H]21. The van der Waals surface area contributed by atoms with Gasteiger partial charge in [0.25, 0.3) is 11.8 Å². The molecule has 7 heterocycles. The van der Waals surface area contributed by atoms with Crippen LogP contribution in [0.4, 0.5) is 0 Å². The molecule has 2 aliphatic carbocycles. The summed E-state index contributed by atoms with van der Waals surface area (Å²) in [5.41, 5.74) is 6.51. The predicted octanol–water partition coefficient (Wildman–Crippen LogP) is 6.89. The van der Waals surface area contributed by atoms with Crippen molar-refractivity contribution in [3.05, 3.63) is 74.5 Å². The maximum absolute atomic E-state index is 14.4. The van der Waals surface area contributed by atoms with Crippen molar-refractivity contribution in [1.29, 1.82) is 5.26 Å². The lowest BCUT2D eigenvalue weighted by Gasteiger charge is -2.49. The number of piperazine rings is 1. The summed E-state index contributed by atoms with van der Waals surface area (Å²) in [5, 5.41) is 27.5. The number of aromatic amines is 2. The highest BCUT2D eigenvalue weighted by Gasteiger charge is 2.72. The van der Waals surface area contributed by atoms with Crippen molar-refractivity contribution in [3.8, 4) is 6.07 Å². The highest BCUT2D eigenvalue weighted by molar-refractivity contribution is 9.10. The number of fused-ring (bicyclic) bond motifs is 7. The number of nitriles is 1. The monoisotopic (exact) mass is 952 g/mol. The molecule has 0 saturated carbocycles. The number of nitrogens with one attached hydrogen (secondary N) is 3. The Morgan fingerprint density at radius 2 is 1.80 bits per heavy atom. The summed E-state index contributed by atoms with van der Waals surface area (Å²) in [6.45, 7) is 9.59. The molecule has 5 aliphatic heterocycles. The molecule has 64 heavy (non-hydrogen) atoms. The molecule has 9 atom stereocenters. The zero-order valence-electron chi connectivity index (χ0n) is 37.4. The van der Waals surface area contributed by atoms with Gasteiger partial charge in [-0.15, -0.1) is 0 Å². The molecule has 3 amide bonds. The number of benzene rings is 2. The number of amides is 3. The quantitative estimate of drug-likeness (QED) is 0.163. The second kappa shape index (κ2) is 16.0. The van der Waals surface area contributed by atoms with E-state index >= 15 is 0 Å². The van der Waals surface area contributed by atoms with Crippen LogP contribution in [0.3, 0.4) is 0 Å². The third kappa shape index (κ3) is 6.61. The summed E-state index contributed by atoms with van der Waals surface area (Å²) in [6, 6.07) is 14.1. The van der Waals surface area contributed by atoms with Crippen molar-refractivity contribution in [2.24, 2.45) is 23.7 Å². The van der Waals surface area contributed by atoms with Crippen molar-refractivity contribution in [1.82, 2.24) is 34.9 Å². The van der Waals surface area contributed by atoms with Crippen LogP contribution in [-0.2, 0) is 32.0 Å². The van der Waals surface area contributed by atoms with Crippen molar-refractivity contribution < 1.29 is 24.2 Å². The zero-order valence-corrected chi connectivity index (χ0v) is 39.7. The van der Waals surface area contributed by atoms with Gasteiger partial charge in [-0.2, -0.15) is 5.26 Å². The normalized spacial score (nSPS) is 32.0. The van der Waals surface area contributed by atoms with Crippen LogP contribution in [0.2, 0.25) is 5.15 Å². The van der Waals surface area contributed by atoms with Gasteiger partial charge in [-0.1, -0.05) is 69.6 Å². The number of piperidine rings is 1. The minimum Gasteiger partial charge on any atom is -0.349 e. The number of nitrogens with zero attached hydrogens (tertiary/aromatic N) is 5. The van der Waals surface area contributed by atoms with E-state index in [2.05, 4.69) is 84.5 Å². The van der Waals surface area contributed by atoms with Crippen molar-refractivity contribution in [2.45, 2.75) is 114 Å². The maximum atomic E-state index is 14.4. The second-order valence-corrected chi connectivity index (χ2v) is 21.3. The van der Waals surface area contributed by atoms with Crippen LogP contribution < -0.4 is 5.32 Å². The Bertz CT molecular complexity index is 2650. The number of aliphatic hydroxyl groups is 1. The van der Waals surface area contributed by atoms with Crippen molar-refractivity contribution in [3.63, 3.8) is 0 Å². The van der Waals surface area contributed by atoms with Gasteiger partial charge in [0.15, 0.2) is 0 Å².